The predicted molar refractivity (Wildman–Crippen MR) is 140 cm³/mol. The zero-order valence-corrected chi connectivity index (χ0v) is 21.8. The number of hydrogen-bond donors (Lipinski definition) is 4. The molecule has 0 radical (unpaired) electrons. The van der Waals surface area contributed by atoms with Crippen LogP contribution in [-0.2, 0) is 37.3 Å². The molecule has 37 heavy (non-hydrogen) atoms. The molecule has 2 aliphatic heterocycles. The normalized spacial score (nSPS) is 17.3. The number of aromatic hydroxyl groups is 2. The Hall–Kier alpha value is -3.62. The van der Waals surface area contributed by atoms with Crippen LogP contribution >= 0.6 is 0 Å². The third kappa shape index (κ3) is 9.08. The molecule has 200 valence electrons. The van der Waals surface area contributed by atoms with Gasteiger partial charge in [0.05, 0.1) is 25.4 Å². The number of ether oxygens (including phenoxy) is 2. The van der Waals surface area contributed by atoms with E-state index in [2.05, 4.69) is 27.0 Å². The minimum atomic E-state index is -0.935. The molecule has 0 amide bonds. The van der Waals surface area contributed by atoms with Crippen molar-refractivity contribution in [3.05, 3.63) is 83.0 Å². The lowest BCUT2D eigenvalue weighted by Gasteiger charge is -2.30. The van der Waals surface area contributed by atoms with E-state index in [4.69, 9.17) is 19.7 Å². The fraction of sp³-hybridized carbons (Fsp3) is 0.379. The molecule has 4 rings (SSSR count). The average Bonchev–Trinajstić information content (AvgIpc) is 3.73. The number of phenols is 2. The van der Waals surface area contributed by atoms with Gasteiger partial charge in [-0.1, -0.05) is 45.2 Å². The fourth-order valence-corrected chi connectivity index (χ4v) is 3.59. The molecule has 0 saturated carbocycles. The van der Waals surface area contributed by atoms with E-state index in [1.807, 2.05) is 18.2 Å². The zero-order chi connectivity index (χ0) is 27.9. The fourth-order valence-electron chi connectivity index (χ4n) is 3.59. The number of carboxylic acids is 2. The minimum Gasteiger partial charge on any atom is -0.508 e. The van der Waals surface area contributed by atoms with E-state index in [1.165, 1.54) is 25.0 Å². The number of epoxide rings is 2. The highest BCUT2D eigenvalue weighted by Gasteiger charge is 2.34. The summed E-state index contributed by atoms with van der Waals surface area (Å²) in [5, 5.41) is 35.8. The Labute approximate surface area is 217 Å². The maximum absolute atomic E-state index is 10.5. The highest BCUT2D eigenvalue weighted by Crippen LogP contribution is 2.40. The van der Waals surface area contributed by atoms with Gasteiger partial charge in [-0.25, -0.2) is 9.59 Å². The van der Waals surface area contributed by atoms with E-state index in [0.717, 1.165) is 37.2 Å². The van der Waals surface area contributed by atoms with Crippen molar-refractivity contribution < 1.29 is 39.5 Å². The summed E-state index contributed by atoms with van der Waals surface area (Å²) in [6, 6.07) is 11.2. The summed E-state index contributed by atoms with van der Waals surface area (Å²) >= 11 is 0. The van der Waals surface area contributed by atoms with Gasteiger partial charge in [-0.05, 0) is 48.7 Å². The van der Waals surface area contributed by atoms with Gasteiger partial charge in [0.2, 0.25) is 0 Å². The molecule has 0 aliphatic carbocycles. The smallest absolute Gasteiger partial charge is 0.330 e. The zero-order valence-electron chi connectivity index (χ0n) is 21.8. The summed E-state index contributed by atoms with van der Waals surface area (Å²) < 4.78 is 10.9. The van der Waals surface area contributed by atoms with Gasteiger partial charge in [0.15, 0.2) is 0 Å². The van der Waals surface area contributed by atoms with Crippen LogP contribution in [0.4, 0.5) is 0 Å². The van der Waals surface area contributed by atoms with Crippen molar-refractivity contribution >= 4 is 11.9 Å². The molecule has 0 aromatic heterocycles. The highest BCUT2D eigenvalue weighted by molar-refractivity contribution is 5.85. The van der Waals surface area contributed by atoms with Gasteiger partial charge in [0.1, 0.15) is 11.5 Å². The van der Waals surface area contributed by atoms with Gasteiger partial charge >= 0.3 is 11.9 Å². The number of phenolic OH excluding ortho intramolecular Hbond substituents is 2. The third-order valence-electron chi connectivity index (χ3n) is 6.07. The van der Waals surface area contributed by atoms with Crippen molar-refractivity contribution in [3.8, 4) is 11.5 Å². The Morgan fingerprint density at radius 3 is 1.62 bits per heavy atom. The first-order valence-corrected chi connectivity index (χ1v) is 11.9. The summed E-state index contributed by atoms with van der Waals surface area (Å²) in [4.78, 5) is 19.2. The second-order valence-corrected chi connectivity index (χ2v) is 9.75. The topological polar surface area (TPSA) is 140 Å². The largest absolute Gasteiger partial charge is 0.508 e. The van der Waals surface area contributed by atoms with Gasteiger partial charge in [0.25, 0.3) is 0 Å². The van der Waals surface area contributed by atoms with E-state index >= 15 is 0 Å². The number of rotatable bonds is 8. The average molecular weight is 513 g/mol. The van der Waals surface area contributed by atoms with Crippen LogP contribution in [0.15, 0.2) is 60.7 Å². The third-order valence-corrected chi connectivity index (χ3v) is 6.07. The quantitative estimate of drug-likeness (QED) is 0.297. The maximum Gasteiger partial charge on any atom is 0.330 e. The first-order chi connectivity index (χ1) is 17.2. The summed E-state index contributed by atoms with van der Waals surface area (Å²) in [5.74, 6) is -1.26. The van der Waals surface area contributed by atoms with Crippen molar-refractivity contribution in [2.24, 2.45) is 0 Å². The second-order valence-electron chi connectivity index (χ2n) is 9.75. The van der Waals surface area contributed by atoms with Crippen molar-refractivity contribution in [2.45, 2.75) is 58.2 Å². The van der Waals surface area contributed by atoms with E-state index in [9.17, 15) is 19.8 Å². The predicted octanol–water partition coefficient (Wildman–Crippen LogP) is 4.60. The van der Waals surface area contributed by atoms with Gasteiger partial charge in [-0.2, -0.15) is 0 Å². The van der Waals surface area contributed by atoms with Crippen LogP contribution in [-0.4, -0.2) is 57.8 Å². The van der Waals surface area contributed by atoms with Crippen molar-refractivity contribution in [2.75, 3.05) is 13.2 Å². The SMILES string of the molecule is C=C(C)C(=O)O.C=C(C)C(=O)O.CC(C)(c1ccc(O)cc1)c1ccc(O)c(CC2CO2)c1CC1CO1. The molecule has 8 heteroatoms. The molecule has 2 fully saturated rings. The summed E-state index contributed by atoms with van der Waals surface area (Å²) in [6.07, 6.45) is 2.02. The number of carboxylic acid groups (broad SMARTS) is 2. The molecule has 2 aromatic rings. The second kappa shape index (κ2) is 12.6. The Morgan fingerprint density at radius 2 is 1.24 bits per heavy atom. The van der Waals surface area contributed by atoms with Gasteiger partial charge in [0, 0.05) is 35.0 Å². The molecular formula is C29H36O8. The van der Waals surface area contributed by atoms with Crippen LogP contribution in [0.25, 0.3) is 0 Å². The van der Waals surface area contributed by atoms with Crippen LogP contribution in [0.1, 0.15) is 49.9 Å². The Balaban J connectivity index is 0.000000336. The molecule has 2 heterocycles. The van der Waals surface area contributed by atoms with Crippen molar-refractivity contribution in [3.63, 3.8) is 0 Å². The Bertz CT molecular complexity index is 1090. The minimum absolute atomic E-state index is 0.176. The summed E-state index contributed by atoms with van der Waals surface area (Å²) in [5.41, 5.74) is 4.60. The first-order valence-electron chi connectivity index (χ1n) is 11.9. The molecule has 0 bridgehead atoms. The van der Waals surface area contributed by atoms with E-state index in [1.54, 1.807) is 18.2 Å². The molecule has 4 N–H and O–H groups in total. The molecule has 2 saturated heterocycles. The molecule has 8 nitrogen and oxygen atoms in total. The van der Waals surface area contributed by atoms with E-state index in [-0.39, 0.29) is 34.5 Å². The molecule has 2 aliphatic rings. The van der Waals surface area contributed by atoms with Crippen LogP contribution in [0, 0.1) is 0 Å². The van der Waals surface area contributed by atoms with Crippen LogP contribution < -0.4 is 0 Å². The van der Waals surface area contributed by atoms with Crippen LogP contribution in [0.3, 0.4) is 0 Å². The van der Waals surface area contributed by atoms with Crippen molar-refractivity contribution in [1.82, 2.24) is 0 Å². The Kier molecular flexibility index (Phi) is 10.1. The summed E-state index contributed by atoms with van der Waals surface area (Å²) in [7, 11) is 0. The van der Waals surface area contributed by atoms with E-state index in [0.29, 0.717) is 5.75 Å². The standard InChI is InChI=1S/C21H24O4.2C4H6O2/c1-21(2,13-3-5-14(22)6-4-13)19-7-8-20(23)18(10-16-12-25-16)17(19)9-15-11-24-15;2*1-3(2)4(5)6/h3-8,15-16,22-23H,9-12H2,1-2H3;2*1H2,2H3,(H,5,6). The molecule has 2 aromatic carbocycles. The van der Waals surface area contributed by atoms with Gasteiger partial charge in [-0.15, -0.1) is 0 Å². The molecule has 2 unspecified atom stereocenters. The number of aliphatic carboxylic acids is 2. The van der Waals surface area contributed by atoms with E-state index < -0.39 is 11.9 Å². The number of benzene rings is 2. The van der Waals surface area contributed by atoms with Crippen molar-refractivity contribution in [1.29, 1.82) is 0 Å². The molecule has 0 spiro atoms. The first kappa shape index (κ1) is 29.6. The molecule has 2 atom stereocenters. The highest BCUT2D eigenvalue weighted by atomic mass is 16.6. The number of hydrogen-bond acceptors (Lipinski definition) is 6. The molecular weight excluding hydrogens is 476 g/mol. The number of carbonyl (C=O) groups is 2. The Morgan fingerprint density at radius 1 is 0.838 bits per heavy atom. The lowest BCUT2D eigenvalue weighted by molar-refractivity contribution is -0.133. The lowest BCUT2D eigenvalue weighted by Crippen LogP contribution is -2.23. The van der Waals surface area contributed by atoms with Crippen LogP contribution in [0.5, 0.6) is 11.5 Å². The maximum atomic E-state index is 10.5. The van der Waals surface area contributed by atoms with Gasteiger partial charge in [-0.3, -0.25) is 0 Å². The van der Waals surface area contributed by atoms with Gasteiger partial charge < -0.3 is 29.9 Å². The lowest BCUT2D eigenvalue weighted by atomic mass is 9.74. The van der Waals surface area contributed by atoms with Crippen LogP contribution in [0.2, 0.25) is 0 Å². The summed E-state index contributed by atoms with van der Waals surface area (Å²) in [6.45, 7) is 15.1. The monoisotopic (exact) mass is 512 g/mol.